The summed E-state index contributed by atoms with van der Waals surface area (Å²) in [5.41, 5.74) is 12.6. The van der Waals surface area contributed by atoms with E-state index in [1.165, 1.54) is 26.4 Å². The fourth-order valence-electron chi connectivity index (χ4n) is 4.35. The Morgan fingerprint density at radius 1 is 1.20 bits per heavy atom. The SMILES string of the molecule is COc1cc2c(N)nc(N3CCN(C(=O)C[C@@H](N)c4ccccc4F)C[C@@H]3C)nc2c(F)c1OC. The first-order valence-corrected chi connectivity index (χ1v) is 11.2. The van der Waals surface area contributed by atoms with Gasteiger partial charge >= 0.3 is 0 Å². The van der Waals surface area contributed by atoms with Gasteiger partial charge in [-0.05, 0) is 19.1 Å². The second-order valence-electron chi connectivity index (χ2n) is 8.45. The molecule has 1 aliphatic rings. The quantitative estimate of drug-likeness (QED) is 0.546. The molecule has 1 amide bonds. The molecule has 0 radical (unpaired) electrons. The third kappa shape index (κ3) is 4.63. The first-order chi connectivity index (χ1) is 16.7. The fourth-order valence-corrected chi connectivity index (χ4v) is 4.35. The number of aromatic nitrogens is 2. The normalized spacial score (nSPS) is 16.9. The smallest absolute Gasteiger partial charge is 0.228 e. The largest absolute Gasteiger partial charge is 0.493 e. The Balaban J connectivity index is 1.52. The second kappa shape index (κ2) is 9.87. The molecule has 1 aromatic heterocycles. The molecule has 186 valence electrons. The van der Waals surface area contributed by atoms with Crippen molar-refractivity contribution in [2.45, 2.75) is 25.4 Å². The molecular formula is C24H28F2N6O3. The first kappa shape index (κ1) is 24.4. The van der Waals surface area contributed by atoms with Crippen molar-refractivity contribution in [3.63, 3.8) is 0 Å². The number of carbonyl (C=O) groups is 1. The van der Waals surface area contributed by atoms with Gasteiger partial charge in [-0.1, -0.05) is 18.2 Å². The zero-order valence-electron chi connectivity index (χ0n) is 19.8. The molecule has 1 fully saturated rings. The minimum Gasteiger partial charge on any atom is -0.493 e. The molecule has 3 aromatic rings. The molecule has 2 aromatic carbocycles. The zero-order valence-corrected chi connectivity index (χ0v) is 19.8. The van der Waals surface area contributed by atoms with Gasteiger partial charge in [0.25, 0.3) is 0 Å². The number of fused-ring (bicyclic) bond motifs is 1. The van der Waals surface area contributed by atoms with Crippen LogP contribution in [-0.2, 0) is 4.79 Å². The van der Waals surface area contributed by atoms with Crippen LogP contribution in [-0.4, -0.2) is 60.7 Å². The minimum absolute atomic E-state index is 0.0140. The fraction of sp³-hybridized carbons (Fsp3) is 0.375. The number of carbonyl (C=O) groups excluding carboxylic acids is 1. The summed E-state index contributed by atoms with van der Waals surface area (Å²) in [6.07, 6.45) is -0.0140. The number of hydrogen-bond acceptors (Lipinski definition) is 8. The molecule has 0 saturated carbocycles. The van der Waals surface area contributed by atoms with E-state index in [2.05, 4.69) is 9.97 Å². The molecule has 9 nitrogen and oxygen atoms in total. The molecule has 2 atom stereocenters. The number of nitrogen functional groups attached to an aromatic ring is 1. The third-order valence-electron chi connectivity index (χ3n) is 6.23. The van der Waals surface area contributed by atoms with E-state index in [1.54, 1.807) is 23.1 Å². The molecule has 35 heavy (non-hydrogen) atoms. The van der Waals surface area contributed by atoms with Crippen molar-refractivity contribution in [2.75, 3.05) is 44.5 Å². The number of rotatable bonds is 6. The number of nitrogens with zero attached hydrogens (tertiary/aromatic N) is 4. The summed E-state index contributed by atoms with van der Waals surface area (Å²) in [6, 6.07) is 6.79. The lowest BCUT2D eigenvalue weighted by Gasteiger charge is -2.40. The van der Waals surface area contributed by atoms with Gasteiger partial charge in [0.05, 0.1) is 14.2 Å². The molecule has 2 heterocycles. The summed E-state index contributed by atoms with van der Waals surface area (Å²) in [4.78, 5) is 25.2. The Hall–Kier alpha value is -3.73. The standard InChI is InChI=1S/C24H28F2N6O3/c1-13-12-31(19(33)11-17(27)14-6-4-5-7-16(14)25)8-9-32(13)24-29-21-15(23(28)30-24)10-18(34-2)22(35-3)20(21)26/h4-7,10,13,17H,8-9,11-12,27H2,1-3H3,(H2,28,29,30)/t13-,17+/m0/s1. The molecule has 0 aliphatic carbocycles. The van der Waals surface area contributed by atoms with Crippen molar-refractivity contribution in [2.24, 2.45) is 5.73 Å². The van der Waals surface area contributed by atoms with Crippen molar-refractivity contribution in [3.05, 3.63) is 47.5 Å². The van der Waals surface area contributed by atoms with E-state index in [0.717, 1.165) is 0 Å². The minimum atomic E-state index is -0.740. The topological polar surface area (TPSA) is 120 Å². The van der Waals surface area contributed by atoms with E-state index in [9.17, 15) is 9.18 Å². The highest BCUT2D eigenvalue weighted by molar-refractivity contribution is 5.92. The lowest BCUT2D eigenvalue weighted by atomic mass is 10.0. The maximum atomic E-state index is 15.1. The second-order valence-corrected chi connectivity index (χ2v) is 8.45. The Morgan fingerprint density at radius 3 is 2.60 bits per heavy atom. The molecule has 0 unspecified atom stereocenters. The highest BCUT2D eigenvalue weighted by atomic mass is 19.1. The van der Waals surface area contributed by atoms with E-state index >= 15 is 4.39 Å². The number of piperazine rings is 1. The van der Waals surface area contributed by atoms with Gasteiger partial charge < -0.3 is 30.7 Å². The zero-order chi connectivity index (χ0) is 25.3. The van der Waals surface area contributed by atoms with Crippen LogP contribution in [0, 0.1) is 11.6 Å². The molecular weight excluding hydrogens is 458 g/mol. The van der Waals surface area contributed by atoms with Gasteiger partial charge in [-0.15, -0.1) is 0 Å². The van der Waals surface area contributed by atoms with Crippen LogP contribution in [0.25, 0.3) is 10.9 Å². The Bertz CT molecular complexity index is 1260. The average Bonchev–Trinajstić information content (AvgIpc) is 2.84. The maximum absolute atomic E-state index is 15.1. The number of methoxy groups -OCH3 is 2. The van der Waals surface area contributed by atoms with Gasteiger partial charge in [0, 0.05) is 49.1 Å². The lowest BCUT2D eigenvalue weighted by Crippen LogP contribution is -2.54. The predicted octanol–water partition coefficient (Wildman–Crippen LogP) is 2.63. The summed E-state index contributed by atoms with van der Waals surface area (Å²) in [7, 11) is 2.74. The van der Waals surface area contributed by atoms with Crippen LogP contribution in [0.2, 0.25) is 0 Å². The summed E-state index contributed by atoms with van der Waals surface area (Å²) < 4.78 is 39.5. The molecule has 4 rings (SSSR count). The number of amides is 1. The molecule has 0 bridgehead atoms. The van der Waals surface area contributed by atoms with Crippen molar-refractivity contribution in [1.82, 2.24) is 14.9 Å². The summed E-state index contributed by atoms with van der Waals surface area (Å²) in [5, 5.41) is 0.312. The van der Waals surface area contributed by atoms with E-state index in [0.29, 0.717) is 30.6 Å². The van der Waals surface area contributed by atoms with Crippen molar-refractivity contribution < 1.29 is 23.0 Å². The highest BCUT2D eigenvalue weighted by Crippen LogP contribution is 2.37. The molecule has 1 aliphatic heterocycles. The maximum Gasteiger partial charge on any atom is 0.228 e. The van der Waals surface area contributed by atoms with E-state index in [-0.39, 0.29) is 47.2 Å². The monoisotopic (exact) mass is 486 g/mol. The van der Waals surface area contributed by atoms with Crippen LogP contribution >= 0.6 is 0 Å². The van der Waals surface area contributed by atoms with E-state index in [1.807, 2.05) is 11.8 Å². The molecule has 11 heteroatoms. The Kier molecular flexibility index (Phi) is 6.88. The van der Waals surface area contributed by atoms with Crippen LogP contribution < -0.4 is 25.8 Å². The number of benzene rings is 2. The van der Waals surface area contributed by atoms with Gasteiger partial charge in [-0.3, -0.25) is 4.79 Å². The predicted molar refractivity (Wildman–Crippen MR) is 128 cm³/mol. The van der Waals surface area contributed by atoms with Crippen LogP contribution in [0.1, 0.15) is 24.9 Å². The van der Waals surface area contributed by atoms with Crippen LogP contribution in [0.5, 0.6) is 11.5 Å². The summed E-state index contributed by atoms with van der Waals surface area (Å²) in [5.74, 6) is -0.822. The average molecular weight is 487 g/mol. The number of hydrogen-bond donors (Lipinski definition) is 2. The number of halogens is 2. The number of anilines is 2. The summed E-state index contributed by atoms with van der Waals surface area (Å²) >= 11 is 0. The molecule has 4 N–H and O–H groups in total. The van der Waals surface area contributed by atoms with Crippen molar-refractivity contribution in [3.8, 4) is 11.5 Å². The van der Waals surface area contributed by atoms with Crippen molar-refractivity contribution >= 4 is 28.6 Å². The van der Waals surface area contributed by atoms with Gasteiger partial charge in [-0.25, -0.2) is 13.8 Å². The molecule has 1 saturated heterocycles. The highest BCUT2D eigenvalue weighted by Gasteiger charge is 2.30. The van der Waals surface area contributed by atoms with Gasteiger partial charge in [0.2, 0.25) is 11.9 Å². The number of nitrogens with two attached hydrogens (primary N) is 2. The third-order valence-corrected chi connectivity index (χ3v) is 6.23. The number of ether oxygens (including phenoxy) is 2. The Labute approximate surface area is 201 Å². The van der Waals surface area contributed by atoms with Crippen molar-refractivity contribution in [1.29, 1.82) is 0 Å². The first-order valence-electron chi connectivity index (χ1n) is 11.2. The summed E-state index contributed by atoms with van der Waals surface area (Å²) in [6.45, 7) is 3.06. The van der Waals surface area contributed by atoms with Crippen LogP contribution in [0.4, 0.5) is 20.5 Å². The van der Waals surface area contributed by atoms with E-state index < -0.39 is 17.7 Å². The van der Waals surface area contributed by atoms with Gasteiger partial charge in [0.15, 0.2) is 17.3 Å². The molecule has 0 spiro atoms. The van der Waals surface area contributed by atoms with Gasteiger partial charge in [-0.2, -0.15) is 4.98 Å². The van der Waals surface area contributed by atoms with Crippen LogP contribution in [0.15, 0.2) is 30.3 Å². The lowest BCUT2D eigenvalue weighted by molar-refractivity contribution is -0.132. The van der Waals surface area contributed by atoms with Gasteiger partial charge in [0.1, 0.15) is 17.2 Å². The van der Waals surface area contributed by atoms with E-state index in [4.69, 9.17) is 20.9 Å². The Morgan fingerprint density at radius 2 is 1.94 bits per heavy atom. The van der Waals surface area contributed by atoms with Crippen LogP contribution in [0.3, 0.4) is 0 Å².